The number of primary amides is 1. The number of carbonyl (C=O) groups is 1. The normalized spacial score (nSPS) is 26.7. The van der Waals surface area contributed by atoms with Crippen molar-refractivity contribution in [2.75, 3.05) is 19.8 Å². The van der Waals surface area contributed by atoms with Crippen molar-refractivity contribution in [3.8, 4) is 0 Å². The lowest BCUT2D eigenvalue weighted by Crippen LogP contribution is -2.59. The lowest BCUT2D eigenvalue weighted by atomic mass is 9.67. The quantitative estimate of drug-likeness (QED) is 0.927. The molecule has 2 aliphatic heterocycles. The summed E-state index contributed by atoms with van der Waals surface area (Å²) in [5.41, 5.74) is 5.82. The number of hydrogen-bond acceptors (Lipinski definition) is 4. The molecule has 0 bridgehead atoms. The zero-order valence-electron chi connectivity index (χ0n) is 11.7. The van der Waals surface area contributed by atoms with E-state index in [1.807, 2.05) is 0 Å². The van der Waals surface area contributed by atoms with E-state index in [0.717, 1.165) is 52.0 Å². The molecule has 4 nitrogen and oxygen atoms in total. The van der Waals surface area contributed by atoms with Crippen LogP contribution in [0.15, 0.2) is 17.5 Å². The van der Waals surface area contributed by atoms with Crippen molar-refractivity contribution in [2.45, 2.75) is 38.3 Å². The van der Waals surface area contributed by atoms with Crippen LogP contribution >= 0.6 is 11.3 Å². The van der Waals surface area contributed by atoms with Crippen molar-refractivity contribution < 1.29 is 9.53 Å². The predicted molar refractivity (Wildman–Crippen MR) is 79.4 cm³/mol. The second-order valence-electron chi connectivity index (χ2n) is 5.93. The number of rotatable bonds is 3. The van der Waals surface area contributed by atoms with E-state index in [2.05, 4.69) is 22.4 Å². The second kappa shape index (κ2) is 5.84. The Hall–Kier alpha value is -0.910. The molecule has 110 valence electrons. The summed E-state index contributed by atoms with van der Waals surface area (Å²) in [5.74, 6) is -0.164. The Morgan fingerprint density at radius 2 is 2.25 bits per heavy atom. The molecule has 5 heteroatoms. The molecule has 1 aromatic heterocycles. The summed E-state index contributed by atoms with van der Waals surface area (Å²) in [5, 5.41) is 2.09. The van der Waals surface area contributed by atoms with Gasteiger partial charge in [0.25, 0.3) is 0 Å². The van der Waals surface area contributed by atoms with Crippen LogP contribution in [0.3, 0.4) is 0 Å². The van der Waals surface area contributed by atoms with E-state index in [1.165, 1.54) is 4.88 Å². The van der Waals surface area contributed by atoms with Gasteiger partial charge in [-0.25, -0.2) is 0 Å². The van der Waals surface area contributed by atoms with Crippen molar-refractivity contribution in [2.24, 2.45) is 11.1 Å². The molecule has 2 N–H and O–H groups in total. The van der Waals surface area contributed by atoms with Crippen LogP contribution in [0.1, 0.15) is 30.6 Å². The first kappa shape index (κ1) is 14.0. The summed E-state index contributed by atoms with van der Waals surface area (Å²) >= 11 is 1.75. The number of piperidine rings is 1. The summed E-state index contributed by atoms with van der Waals surface area (Å²) < 4.78 is 5.50. The molecule has 2 saturated heterocycles. The average Bonchev–Trinajstić information content (AvgIpc) is 2.92. The van der Waals surface area contributed by atoms with Crippen molar-refractivity contribution >= 4 is 17.2 Å². The van der Waals surface area contributed by atoms with Gasteiger partial charge in [-0.05, 0) is 49.1 Å². The van der Waals surface area contributed by atoms with E-state index >= 15 is 0 Å². The first-order chi connectivity index (χ1) is 9.71. The highest BCUT2D eigenvalue weighted by atomic mass is 32.1. The van der Waals surface area contributed by atoms with E-state index in [-0.39, 0.29) is 17.4 Å². The smallest absolute Gasteiger partial charge is 0.235 e. The van der Waals surface area contributed by atoms with Crippen LogP contribution in [0.25, 0.3) is 0 Å². The van der Waals surface area contributed by atoms with Gasteiger partial charge in [0, 0.05) is 24.6 Å². The van der Waals surface area contributed by atoms with Crippen LogP contribution in [0, 0.1) is 5.41 Å². The number of nitrogens with zero attached hydrogens (tertiary/aromatic N) is 1. The zero-order valence-corrected chi connectivity index (χ0v) is 12.5. The maximum Gasteiger partial charge on any atom is 0.235 e. The van der Waals surface area contributed by atoms with Gasteiger partial charge >= 0.3 is 0 Å². The summed E-state index contributed by atoms with van der Waals surface area (Å²) in [6.07, 6.45) is 4.17. The van der Waals surface area contributed by atoms with Crippen LogP contribution in [-0.2, 0) is 16.1 Å². The molecular weight excluding hydrogens is 272 g/mol. The largest absolute Gasteiger partial charge is 0.381 e. The molecular formula is C15H22N2O2S. The van der Waals surface area contributed by atoms with Gasteiger partial charge in [-0.3, -0.25) is 9.69 Å². The summed E-state index contributed by atoms with van der Waals surface area (Å²) in [6, 6.07) is 4.06. The number of thiophene rings is 1. The van der Waals surface area contributed by atoms with Gasteiger partial charge in [-0.15, -0.1) is 11.3 Å². The monoisotopic (exact) mass is 294 g/mol. The Bertz CT molecular complexity index is 449. The topological polar surface area (TPSA) is 55.6 Å². The van der Waals surface area contributed by atoms with Crippen LogP contribution in [0.2, 0.25) is 0 Å². The lowest BCUT2D eigenvalue weighted by Gasteiger charge is -2.50. The SMILES string of the molecule is NC(=O)C1N(Cc2cccs2)CCCC12CCOCC2. The van der Waals surface area contributed by atoms with Crippen LogP contribution in [0.4, 0.5) is 0 Å². The number of hydrogen-bond donors (Lipinski definition) is 1. The summed E-state index contributed by atoms with van der Waals surface area (Å²) in [4.78, 5) is 15.7. The van der Waals surface area contributed by atoms with Gasteiger partial charge in [0.15, 0.2) is 0 Å². The summed E-state index contributed by atoms with van der Waals surface area (Å²) in [7, 11) is 0. The average molecular weight is 294 g/mol. The molecule has 3 rings (SSSR count). The molecule has 1 spiro atoms. The number of ether oxygens (including phenoxy) is 1. The van der Waals surface area contributed by atoms with Gasteiger partial charge in [0.2, 0.25) is 5.91 Å². The first-order valence-corrected chi connectivity index (χ1v) is 8.23. The lowest BCUT2D eigenvalue weighted by molar-refractivity contribution is -0.137. The highest BCUT2D eigenvalue weighted by Gasteiger charge is 2.48. The molecule has 2 aliphatic rings. The predicted octanol–water partition coefficient (Wildman–Crippen LogP) is 1.99. The third kappa shape index (κ3) is 2.62. The molecule has 1 amide bonds. The summed E-state index contributed by atoms with van der Waals surface area (Å²) in [6.45, 7) is 3.33. The standard InChI is InChI=1S/C15H22N2O2S/c16-14(18)13-15(5-8-19-9-6-15)4-2-7-17(13)11-12-3-1-10-20-12/h1,3,10,13H,2,4-9,11H2,(H2,16,18). The van der Waals surface area contributed by atoms with Crippen molar-refractivity contribution in [1.82, 2.24) is 4.90 Å². The van der Waals surface area contributed by atoms with Crippen LogP contribution < -0.4 is 5.73 Å². The van der Waals surface area contributed by atoms with Crippen molar-refractivity contribution in [3.63, 3.8) is 0 Å². The number of carbonyl (C=O) groups excluding carboxylic acids is 1. The molecule has 0 aliphatic carbocycles. The highest BCUT2D eigenvalue weighted by Crippen LogP contribution is 2.44. The number of amides is 1. The van der Waals surface area contributed by atoms with Crippen molar-refractivity contribution in [3.05, 3.63) is 22.4 Å². The molecule has 1 atom stereocenters. The minimum absolute atomic E-state index is 0.0413. The first-order valence-electron chi connectivity index (χ1n) is 7.35. The highest BCUT2D eigenvalue weighted by molar-refractivity contribution is 7.09. The van der Waals surface area contributed by atoms with E-state index in [4.69, 9.17) is 10.5 Å². The molecule has 1 unspecified atom stereocenters. The molecule has 20 heavy (non-hydrogen) atoms. The third-order valence-electron chi connectivity index (χ3n) is 4.76. The van der Waals surface area contributed by atoms with Gasteiger partial charge in [-0.1, -0.05) is 6.07 Å². The Balaban J connectivity index is 1.83. The maximum atomic E-state index is 12.1. The maximum absolute atomic E-state index is 12.1. The number of nitrogens with two attached hydrogens (primary N) is 1. The molecule has 2 fully saturated rings. The third-order valence-corrected chi connectivity index (χ3v) is 5.62. The van der Waals surface area contributed by atoms with Crippen molar-refractivity contribution in [1.29, 1.82) is 0 Å². The Morgan fingerprint density at radius 3 is 2.90 bits per heavy atom. The zero-order chi connectivity index (χ0) is 14.0. The van der Waals surface area contributed by atoms with Gasteiger partial charge < -0.3 is 10.5 Å². The second-order valence-corrected chi connectivity index (χ2v) is 6.97. The fourth-order valence-corrected chi connectivity index (χ4v) is 4.57. The molecule has 0 aromatic carbocycles. The fraction of sp³-hybridized carbons (Fsp3) is 0.667. The number of likely N-dealkylation sites (tertiary alicyclic amines) is 1. The Labute approximate surface area is 123 Å². The minimum atomic E-state index is -0.164. The molecule has 3 heterocycles. The molecule has 0 radical (unpaired) electrons. The fourth-order valence-electron chi connectivity index (χ4n) is 3.84. The van der Waals surface area contributed by atoms with Gasteiger partial charge in [0.1, 0.15) is 0 Å². The van der Waals surface area contributed by atoms with Gasteiger partial charge in [0.05, 0.1) is 6.04 Å². The molecule has 0 saturated carbocycles. The minimum Gasteiger partial charge on any atom is -0.381 e. The van der Waals surface area contributed by atoms with E-state index < -0.39 is 0 Å². The van der Waals surface area contributed by atoms with E-state index in [9.17, 15) is 4.79 Å². The van der Waals surface area contributed by atoms with Crippen LogP contribution in [-0.4, -0.2) is 36.6 Å². The Morgan fingerprint density at radius 1 is 1.45 bits per heavy atom. The van der Waals surface area contributed by atoms with Crippen LogP contribution in [0.5, 0.6) is 0 Å². The van der Waals surface area contributed by atoms with Gasteiger partial charge in [-0.2, -0.15) is 0 Å². The van der Waals surface area contributed by atoms with E-state index in [0.29, 0.717) is 0 Å². The Kier molecular flexibility index (Phi) is 4.10. The van der Waals surface area contributed by atoms with E-state index in [1.54, 1.807) is 11.3 Å². The molecule has 1 aromatic rings.